The lowest BCUT2D eigenvalue weighted by molar-refractivity contribution is 0.0478. The lowest BCUT2D eigenvalue weighted by atomic mass is 9.97. The first-order chi connectivity index (χ1) is 12.7. The fraction of sp³-hybridized carbons (Fsp3) is 0.381. The molecule has 0 unspecified atom stereocenters. The van der Waals surface area contributed by atoms with Crippen molar-refractivity contribution in [3.05, 3.63) is 64.1 Å². The van der Waals surface area contributed by atoms with Gasteiger partial charge in [0.15, 0.2) is 0 Å². The molecule has 0 radical (unpaired) electrons. The Bertz CT molecular complexity index is 727. The average molecular weight is 418 g/mol. The first kappa shape index (κ1) is 18.9. The molecule has 3 rings (SSSR count). The molecule has 0 saturated carbocycles. The summed E-state index contributed by atoms with van der Waals surface area (Å²) < 4.78 is 11.9. The molecular formula is C21H24BrNO3. The predicted molar refractivity (Wildman–Crippen MR) is 105 cm³/mol. The molecular weight excluding hydrogens is 394 g/mol. The van der Waals surface area contributed by atoms with Gasteiger partial charge in [0.25, 0.3) is 5.91 Å². The van der Waals surface area contributed by atoms with Gasteiger partial charge in [0.05, 0.1) is 19.3 Å². The minimum Gasteiger partial charge on any atom is -0.497 e. The minimum atomic E-state index is 0.0550. The topological polar surface area (TPSA) is 38.8 Å². The van der Waals surface area contributed by atoms with Crippen molar-refractivity contribution in [3.8, 4) is 5.75 Å². The number of carbonyl (C=O) groups is 1. The van der Waals surface area contributed by atoms with Crippen LogP contribution in [0.15, 0.2) is 53.0 Å². The molecule has 0 aromatic heterocycles. The van der Waals surface area contributed by atoms with Gasteiger partial charge in [-0.25, -0.2) is 0 Å². The van der Waals surface area contributed by atoms with E-state index in [1.54, 1.807) is 13.2 Å². The third-order valence-electron chi connectivity index (χ3n) is 4.77. The summed E-state index contributed by atoms with van der Waals surface area (Å²) in [4.78, 5) is 14.7. The number of likely N-dealkylation sites (tertiary alicyclic amines) is 1. The Kier molecular flexibility index (Phi) is 6.69. The summed E-state index contributed by atoms with van der Waals surface area (Å²) in [6, 6.07) is 15.7. The molecule has 0 N–H and O–H groups in total. The summed E-state index contributed by atoms with van der Waals surface area (Å²) in [5, 5.41) is 0. The van der Waals surface area contributed by atoms with E-state index in [1.165, 1.54) is 5.56 Å². The summed E-state index contributed by atoms with van der Waals surface area (Å²) in [5.41, 5.74) is 1.85. The van der Waals surface area contributed by atoms with E-state index >= 15 is 0 Å². The van der Waals surface area contributed by atoms with Crippen molar-refractivity contribution in [3.63, 3.8) is 0 Å². The Hall–Kier alpha value is -1.85. The van der Waals surface area contributed by atoms with E-state index in [1.807, 2.05) is 35.2 Å². The lowest BCUT2D eigenvalue weighted by Gasteiger charge is -2.32. The van der Waals surface area contributed by atoms with Crippen molar-refractivity contribution in [2.45, 2.75) is 19.4 Å². The first-order valence-corrected chi connectivity index (χ1v) is 9.71. The highest BCUT2D eigenvalue weighted by atomic mass is 79.9. The van der Waals surface area contributed by atoms with E-state index in [9.17, 15) is 4.79 Å². The van der Waals surface area contributed by atoms with Crippen LogP contribution in [-0.2, 0) is 11.3 Å². The summed E-state index contributed by atoms with van der Waals surface area (Å²) >= 11 is 3.47. The maximum atomic E-state index is 12.8. The Balaban J connectivity index is 1.48. The molecule has 0 aliphatic carbocycles. The maximum Gasteiger partial charge on any atom is 0.255 e. The zero-order chi connectivity index (χ0) is 18.4. The Morgan fingerprint density at radius 1 is 1.15 bits per heavy atom. The van der Waals surface area contributed by atoms with Crippen LogP contribution in [0.5, 0.6) is 5.75 Å². The van der Waals surface area contributed by atoms with Crippen molar-refractivity contribution in [1.29, 1.82) is 0 Å². The molecule has 2 aromatic rings. The maximum absolute atomic E-state index is 12.8. The van der Waals surface area contributed by atoms with Crippen LogP contribution in [0, 0.1) is 5.92 Å². The van der Waals surface area contributed by atoms with Gasteiger partial charge in [-0.2, -0.15) is 0 Å². The van der Waals surface area contributed by atoms with Gasteiger partial charge in [-0.3, -0.25) is 4.79 Å². The number of benzene rings is 2. The van der Waals surface area contributed by atoms with Crippen LogP contribution in [0.2, 0.25) is 0 Å². The third-order valence-corrected chi connectivity index (χ3v) is 5.46. The Morgan fingerprint density at radius 3 is 2.58 bits per heavy atom. The highest BCUT2D eigenvalue weighted by molar-refractivity contribution is 9.10. The second kappa shape index (κ2) is 9.19. The smallest absolute Gasteiger partial charge is 0.255 e. The first-order valence-electron chi connectivity index (χ1n) is 8.92. The van der Waals surface area contributed by atoms with Crippen LogP contribution in [0.3, 0.4) is 0 Å². The van der Waals surface area contributed by atoms with Crippen molar-refractivity contribution in [1.82, 2.24) is 4.90 Å². The monoisotopic (exact) mass is 417 g/mol. The zero-order valence-corrected chi connectivity index (χ0v) is 16.6. The zero-order valence-electron chi connectivity index (χ0n) is 15.0. The number of piperidine rings is 1. The van der Waals surface area contributed by atoms with Gasteiger partial charge in [-0.05, 0) is 58.5 Å². The van der Waals surface area contributed by atoms with Crippen LogP contribution in [0.4, 0.5) is 0 Å². The van der Waals surface area contributed by atoms with Crippen LogP contribution in [0.1, 0.15) is 28.8 Å². The molecule has 26 heavy (non-hydrogen) atoms. The predicted octanol–water partition coefficient (Wildman–Crippen LogP) is 4.53. The molecule has 4 nitrogen and oxygen atoms in total. The number of ether oxygens (including phenoxy) is 2. The van der Waals surface area contributed by atoms with Gasteiger partial charge < -0.3 is 14.4 Å². The number of rotatable bonds is 6. The van der Waals surface area contributed by atoms with E-state index in [4.69, 9.17) is 9.47 Å². The summed E-state index contributed by atoms with van der Waals surface area (Å²) in [5.74, 6) is 1.26. The lowest BCUT2D eigenvalue weighted by Crippen LogP contribution is -2.39. The fourth-order valence-corrected chi connectivity index (χ4v) is 3.60. The van der Waals surface area contributed by atoms with E-state index in [2.05, 4.69) is 28.1 Å². The second-order valence-electron chi connectivity index (χ2n) is 6.58. The van der Waals surface area contributed by atoms with Gasteiger partial charge in [0.1, 0.15) is 5.75 Å². The van der Waals surface area contributed by atoms with Crippen LogP contribution in [0.25, 0.3) is 0 Å². The standard InChI is InChI=1S/C21H24BrNO3/c1-25-18-7-8-20(22)19(13-18)21(24)23-11-9-17(10-12-23)15-26-14-16-5-3-2-4-6-16/h2-8,13,17H,9-12,14-15H2,1H3. The number of halogens is 1. The molecule has 1 fully saturated rings. The molecule has 1 amide bonds. The SMILES string of the molecule is COc1ccc(Br)c(C(=O)N2CCC(COCc3ccccc3)CC2)c1. The van der Waals surface area contributed by atoms with Gasteiger partial charge in [0.2, 0.25) is 0 Å². The highest BCUT2D eigenvalue weighted by Crippen LogP contribution is 2.26. The van der Waals surface area contributed by atoms with E-state index < -0.39 is 0 Å². The highest BCUT2D eigenvalue weighted by Gasteiger charge is 2.25. The number of amides is 1. The van der Waals surface area contributed by atoms with Crippen LogP contribution >= 0.6 is 15.9 Å². The van der Waals surface area contributed by atoms with Gasteiger partial charge >= 0.3 is 0 Å². The van der Waals surface area contributed by atoms with Crippen molar-refractivity contribution < 1.29 is 14.3 Å². The van der Waals surface area contributed by atoms with E-state index in [0.717, 1.165) is 37.0 Å². The van der Waals surface area contributed by atoms with E-state index in [-0.39, 0.29) is 5.91 Å². The number of methoxy groups -OCH3 is 1. The van der Waals surface area contributed by atoms with Crippen molar-refractivity contribution in [2.24, 2.45) is 5.92 Å². The van der Waals surface area contributed by atoms with Crippen molar-refractivity contribution in [2.75, 3.05) is 26.8 Å². The number of nitrogens with zero attached hydrogens (tertiary/aromatic N) is 1. The summed E-state index contributed by atoms with van der Waals surface area (Å²) in [6.45, 7) is 2.93. The van der Waals surface area contributed by atoms with Crippen LogP contribution < -0.4 is 4.74 Å². The Morgan fingerprint density at radius 2 is 1.88 bits per heavy atom. The van der Waals surface area contributed by atoms with Crippen LogP contribution in [-0.4, -0.2) is 37.6 Å². The quantitative estimate of drug-likeness (QED) is 0.692. The largest absolute Gasteiger partial charge is 0.497 e. The number of hydrogen-bond donors (Lipinski definition) is 0. The summed E-state index contributed by atoms with van der Waals surface area (Å²) in [7, 11) is 1.61. The molecule has 1 aliphatic heterocycles. The minimum absolute atomic E-state index is 0.0550. The number of hydrogen-bond acceptors (Lipinski definition) is 3. The second-order valence-corrected chi connectivity index (χ2v) is 7.44. The molecule has 0 bridgehead atoms. The fourth-order valence-electron chi connectivity index (χ4n) is 3.19. The summed E-state index contributed by atoms with van der Waals surface area (Å²) in [6.07, 6.45) is 1.95. The molecule has 1 aliphatic rings. The Labute approximate surface area is 163 Å². The van der Waals surface area contributed by atoms with E-state index in [0.29, 0.717) is 23.8 Å². The molecule has 0 atom stereocenters. The molecule has 1 heterocycles. The molecule has 2 aromatic carbocycles. The molecule has 0 spiro atoms. The van der Waals surface area contributed by atoms with Crippen molar-refractivity contribution >= 4 is 21.8 Å². The molecule has 138 valence electrons. The third kappa shape index (κ3) is 4.86. The van der Waals surface area contributed by atoms with Gasteiger partial charge in [0, 0.05) is 24.2 Å². The molecule has 5 heteroatoms. The number of carbonyl (C=O) groups excluding carboxylic acids is 1. The normalized spacial score (nSPS) is 15.1. The van der Waals surface area contributed by atoms with Gasteiger partial charge in [-0.15, -0.1) is 0 Å². The molecule has 1 saturated heterocycles. The average Bonchev–Trinajstić information content (AvgIpc) is 2.69. The van der Waals surface area contributed by atoms with Gasteiger partial charge in [-0.1, -0.05) is 30.3 Å².